The number of allylic oxidation sites excluding steroid dienone is 1. The molecule has 0 aliphatic heterocycles. The van der Waals surface area contributed by atoms with E-state index in [0.717, 1.165) is 6.42 Å². The third-order valence-electron chi connectivity index (χ3n) is 5.44. The van der Waals surface area contributed by atoms with E-state index in [9.17, 15) is 0 Å². The van der Waals surface area contributed by atoms with E-state index in [1.807, 2.05) is 0 Å². The van der Waals surface area contributed by atoms with E-state index in [4.69, 9.17) is 0 Å². The number of benzene rings is 3. The van der Waals surface area contributed by atoms with Gasteiger partial charge < -0.3 is 0 Å². The van der Waals surface area contributed by atoms with Crippen LogP contribution in [0.3, 0.4) is 0 Å². The maximum atomic E-state index is 2.45. The monoisotopic (exact) mass is 282 g/mol. The lowest BCUT2D eigenvalue weighted by Gasteiger charge is -2.20. The molecule has 0 amide bonds. The lowest BCUT2D eigenvalue weighted by molar-refractivity contribution is 0.770. The first-order valence-corrected chi connectivity index (χ1v) is 8.12. The normalized spacial score (nSPS) is 18.1. The first kappa shape index (κ1) is 12.2. The zero-order chi connectivity index (χ0) is 14.8. The molecule has 0 bridgehead atoms. The van der Waals surface area contributed by atoms with E-state index in [2.05, 4.69) is 68.5 Å². The third-order valence-corrected chi connectivity index (χ3v) is 5.44. The van der Waals surface area contributed by atoms with Crippen LogP contribution in [-0.4, -0.2) is 0 Å². The lowest BCUT2D eigenvalue weighted by Crippen LogP contribution is -2.02. The molecule has 5 rings (SSSR count). The van der Waals surface area contributed by atoms with Crippen molar-refractivity contribution < 1.29 is 0 Å². The Morgan fingerprint density at radius 2 is 1.77 bits per heavy atom. The number of hydrogen-bond donors (Lipinski definition) is 0. The molecular formula is C22H18. The van der Waals surface area contributed by atoms with Gasteiger partial charge in [0.15, 0.2) is 0 Å². The van der Waals surface area contributed by atoms with Crippen LogP contribution in [0.1, 0.15) is 41.5 Å². The second-order valence-electron chi connectivity index (χ2n) is 6.67. The molecule has 1 unspecified atom stereocenters. The summed E-state index contributed by atoms with van der Waals surface area (Å²) in [5.74, 6) is 0.628. The van der Waals surface area contributed by atoms with E-state index < -0.39 is 0 Å². The van der Waals surface area contributed by atoms with Crippen LogP contribution in [0.4, 0.5) is 0 Å². The molecule has 0 saturated heterocycles. The summed E-state index contributed by atoms with van der Waals surface area (Å²) < 4.78 is 0. The zero-order valence-corrected chi connectivity index (χ0v) is 13.0. The Kier molecular flexibility index (Phi) is 2.28. The molecule has 2 aliphatic carbocycles. The molecule has 22 heavy (non-hydrogen) atoms. The Morgan fingerprint density at radius 1 is 0.909 bits per heavy atom. The van der Waals surface area contributed by atoms with Crippen LogP contribution in [0, 0.1) is 6.92 Å². The van der Waals surface area contributed by atoms with Crippen molar-refractivity contribution in [2.75, 3.05) is 0 Å². The molecule has 0 heterocycles. The summed E-state index contributed by atoms with van der Waals surface area (Å²) in [6.07, 6.45) is 3.60. The van der Waals surface area contributed by atoms with Gasteiger partial charge in [0.1, 0.15) is 0 Å². The number of aryl methyl sites for hydroxylation is 1. The van der Waals surface area contributed by atoms with Crippen LogP contribution < -0.4 is 0 Å². The van der Waals surface area contributed by atoms with Crippen molar-refractivity contribution in [1.82, 2.24) is 0 Å². The second kappa shape index (κ2) is 4.10. The fraction of sp³-hybridized carbons (Fsp3) is 0.182. The first-order chi connectivity index (χ1) is 10.8. The first-order valence-electron chi connectivity index (χ1n) is 8.12. The van der Waals surface area contributed by atoms with Gasteiger partial charge in [0.25, 0.3) is 0 Å². The second-order valence-corrected chi connectivity index (χ2v) is 6.67. The van der Waals surface area contributed by atoms with Crippen molar-refractivity contribution in [3.8, 4) is 11.1 Å². The maximum absolute atomic E-state index is 2.45. The molecule has 0 radical (unpaired) electrons. The van der Waals surface area contributed by atoms with Gasteiger partial charge in [-0.3, -0.25) is 0 Å². The molecule has 0 saturated carbocycles. The zero-order valence-electron chi connectivity index (χ0n) is 13.0. The highest BCUT2D eigenvalue weighted by molar-refractivity contribution is 6.09. The lowest BCUT2D eigenvalue weighted by atomic mass is 9.83. The molecule has 0 heteroatoms. The minimum Gasteiger partial charge on any atom is -0.0754 e. The van der Waals surface area contributed by atoms with Gasteiger partial charge in [-0.1, -0.05) is 55.5 Å². The SMILES string of the molecule is Cc1c2c(cc3ccccc13)C1=CCC(C)c3cccc-2c31. The van der Waals surface area contributed by atoms with Gasteiger partial charge in [0.2, 0.25) is 0 Å². The van der Waals surface area contributed by atoms with Crippen LogP contribution in [0.15, 0.2) is 54.6 Å². The Bertz CT molecular complexity index is 973. The maximum Gasteiger partial charge on any atom is -0.00633 e. The van der Waals surface area contributed by atoms with E-state index in [1.54, 1.807) is 0 Å². The van der Waals surface area contributed by atoms with E-state index in [-0.39, 0.29) is 0 Å². The predicted molar refractivity (Wildman–Crippen MR) is 94.2 cm³/mol. The van der Waals surface area contributed by atoms with E-state index in [1.165, 1.54) is 49.7 Å². The van der Waals surface area contributed by atoms with Crippen molar-refractivity contribution in [3.63, 3.8) is 0 Å². The highest BCUT2D eigenvalue weighted by atomic mass is 14.3. The van der Waals surface area contributed by atoms with E-state index in [0.29, 0.717) is 5.92 Å². The van der Waals surface area contributed by atoms with Gasteiger partial charge in [-0.25, -0.2) is 0 Å². The van der Waals surface area contributed by atoms with E-state index >= 15 is 0 Å². The fourth-order valence-electron chi connectivity index (χ4n) is 4.35. The molecule has 0 N–H and O–H groups in total. The Morgan fingerprint density at radius 3 is 2.68 bits per heavy atom. The smallest absolute Gasteiger partial charge is 0.00633 e. The van der Waals surface area contributed by atoms with Gasteiger partial charge >= 0.3 is 0 Å². The average molecular weight is 282 g/mol. The molecule has 3 aromatic carbocycles. The molecule has 2 aliphatic rings. The van der Waals surface area contributed by atoms with Gasteiger partial charge in [0.05, 0.1) is 0 Å². The van der Waals surface area contributed by atoms with Gasteiger partial charge in [-0.15, -0.1) is 0 Å². The van der Waals surface area contributed by atoms with Crippen molar-refractivity contribution in [1.29, 1.82) is 0 Å². The highest BCUT2D eigenvalue weighted by Gasteiger charge is 2.31. The highest BCUT2D eigenvalue weighted by Crippen LogP contribution is 2.52. The number of rotatable bonds is 0. The summed E-state index contributed by atoms with van der Waals surface area (Å²) in [4.78, 5) is 0. The summed E-state index contributed by atoms with van der Waals surface area (Å²) in [7, 11) is 0. The molecule has 0 fully saturated rings. The summed E-state index contributed by atoms with van der Waals surface area (Å²) in [5, 5.41) is 2.73. The van der Waals surface area contributed by atoms with Crippen LogP contribution >= 0.6 is 0 Å². The summed E-state index contributed by atoms with van der Waals surface area (Å²) >= 11 is 0. The van der Waals surface area contributed by atoms with Crippen molar-refractivity contribution in [2.24, 2.45) is 0 Å². The Balaban J connectivity index is 1.97. The Labute approximate surface area is 131 Å². The number of fused-ring (bicyclic) bond motifs is 4. The summed E-state index contributed by atoms with van der Waals surface area (Å²) in [6.45, 7) is 4.62. The largest absolute Gasteiger partial charge is 0.0754 e. The van der Waals surface area contributed by atoms with Crippen LogP contribution in [0.2, 0.25) is 0 Å². The van der Waals surface area contributed by atoms with Crippen LogP contribution in [-0.2, 0) is 0 Å². The molecule has 3 aromatic rings. The molecule has 0 nitrogen and oxygen atoms in total. The average Bonchev–Trinajstić information content (AvgIpc) is 2.87. The third kappa shape index (κ3) is 1.38. The van der Waals surface area contributed by atoms with Crippen molar-refractivity contribution >= 4 is 16.3 Å². The predicted octanol–water partition coefficient (Wildman–Crippen LogP) is 6.07. The van der Waals surface area contributed by atoms with Gasteiger partial charge in [0, 0.05) is 0 Å². The molecular weight excluding hydrogens is 264 g/mol. The Hall–Kier alpha value is -2.34. The minimum atomic E-state index is 0.628. The van der Waals surface area contributed by atoms with Gasteiger partial charge in [-0.05, 0) is 75.1 Å². The van der Waals surface area contributed by atoms with Gasteiger partial charge in [-0.2, -0.15) is 0 Å². The standard InChI is InChI=1S/C22H18/c1-13-10-11-18-20-12-15-6-3-4-7-17(15)14(2)21(20)19-9-5-8-16(13)22(18)19/h3-9,11-13H,10H2,1-2H3. The van der Waals surface area contributed by atoms with Crippen molar-refractivity contribution in [3.05, 3.63) is 76.9 Å². The topological polar surface area (TPSA) is 0 Å². The quantitative estimate of drug-likeness (QED) is 0.367. The summed E-state index contributed by atoms with van der Waals surface area (Å²) in [5.41, 5.74) is 10.2. The van der Waals surface area contributed by atoms with Crippen molar-refractivity contribution in [2.45, 2.75) is 26.2 Å². The molecule has 0 aromatic heterocycles. The van der Waals surface area contributed by atoms with Crippen LogP contribution in [0.5, 0.6) is 0 Å². The number of hydrogen-bond acceptors (Lipinski definition) is 0. The minimum absolute atomic E-state index is 0.628. The van der Waals surface area contributed by atoms with Crippen LogP contribution in [0.25, 0.3) is 27.5 Å². The molecule has 0 spiro atoms. The summed E-state index contributed by atoms with van der Waals surface area (Å²) in [6, 6.07) is 18.0. The molecule has 1 atom stereocenters. The fourth-order valence-corrected chi connectivity index (χ4v) is 4.35. The molecule has 106 valence electrons.